The van der Waals surface area contributed by atoms with E-state index in [0.717, 1.165) is 0 Å². The van der Waals surface area contributed by atoms with Crippen molar-refractivity contribution < 1.29 is 9.31 Å². The highest BCUT2D eigenvalue weighted by atomic mass is 35.5. The lowest BCUT2D eigenvalue weighted by molar-refractivity contribution is -0.384. The van der Waals surface area contributed by atoms with Crippen molar-refractivity contribution in [2.45, 2.75) is 13.2 Å². The van der Waals surface area contributed by atoms with E-state index in [4.69, 9.17) is 23.8 Å². The summed E-state index contributed by atoms with van der Waals surface area (Å²) in [4.78, 5) is 12.4. The number of nitro benzene ring substituents is 1. The van der Waals surface area contributed by atoms with E-state index in [1.807, 2.05) is 11.9 Å². The van der Waals surface area contributed by atoms with Crippen molar-refractivity contribution in [1.29, 1.82) is 0 Å². The van der Waals surface area contributed by atoms with E-state index in [1.165, 1.54) is 41.7 Å². The van der Waals surface area contributed by atoms with Crippen LogP contribution < -0.4 is 5.32 Å². The van der Waals surface area contributed by atoms with Crippen molar-refractivity contribution in [3.63, 3.8) is 0 Å². The summed E-state index contributed by atoms with van der Waals surface area (Å²) in [5, 5.41) is 19.4. The SMILES string of the molecule is CN(Cc1cc([N+](=O)[O-])ccc1Cl)Cn1nc(Nc2cccc(F)c2)sc1=S. The van der Waals surface area contributed by atoms with Gasteiger partial charge in [0.05, 0.1) is 11.6 Å². The molecule has 0 aliphatic heterocycles. The topological polar surface area (TPSA) is 76.2 Å². The maximum Gasteiger partial charge on any atom is 0.269 e. The zero-order valence-corrected chi connectivity index (χ0v) is 17.0. The molecule has 7 nitrogen and oxygen atoms in total. The molecule has 0 saturated heterocycles. The molecule has 0 amide bonds. The molecule has 1 aromatic heterocycles. The monoisotopic (exact) mass is 439 g/mol. The molecule has 1 heterocycles. The lowest BCUT2D eigenvalue weighted by Crippen LogP contribution is -2.22. The third kappa shape index (κ3) is 5.10. The summed E-state index contributed by atoms with van der Waals surface area (Å²) < 4.78 is 15.5. The summed E-state index contributed by atoms with van der Waals surface area (Å²) in [6, 6.07) is 10.4. The smallest absolute Gasteiger partial charge is 0.269 e. The number of nitrogens with zero attached hydrogens (tertiary/aromatic N) is 4. The van der Waals surface area contributed by atoms with Crippen LogP contribution in [0.4, 0.5) is 20.9 Å². The van der Waals surface area contributed by atoms with Gasteiger partial charge in [0, 0.05) is 29.4 Å². The minimum absolute atomic E-state index is 0.0142. The number of non-ortho nitro benzene ring substituents is 1. The number of hydrogen-bond donors (Lipinski definition) is 1. The van der Waals surface area contributed by atoms with E-state index < -0.39 is 4.92 Å². The fourth-order valence-electron chi connectivity index (χ4n) is 2.50. The van der Waals surface area contributed by atoms with Gasteiger partial charge in [0.2, 0.25) is 5.13 Å². The van der Waals surface area contributed by atoms with Crippen molar-refractivity contribution in [1.82, 2.24) is 14.7 Å². The average Bonchev–Trinajstić information content (AvgIpc) is 2.95. The Morgan fingerprint density at radius 2 is 2.18 bits per heavy atom. The molecule has 3 rings (SSSR count). The van der Waals surface area contributed by atoms with Gasteiger partial charge in [-0.2, -0.15) is 0 Å². The highest BCUT2D eigenvalue weighted by Crippen LogP contribution is 2.24. The van der Waals surface area contributed by atoms with Crippen LogP contribution in [-0.2, 0) is 13.2 Å². The lowest BCUT2D eigenvalue weighted by Gasteiger charge is -2.17. The first-order valence-corrected chi connectivity index (χ1v) is 9.64. The second-order valence-corrected chi connectivity index (χ2v) is 8.03. The first kappa shape index (κ1) is 20.3. The Kier molecular flexibility index (Phi) is 6.35. The largest absolute Gasteiger partial charge is 0.330 e. The Labute approximate surface area is 174 Å². The minimum atomic E-state index is -0.458. The molecule has 0 bridgehead atoms. The third-order valence-electron chi connectivity index (χ3n) is 3.74. The number of nitrogens with one attached hydrogen (secondary N) is 1. The molecule has 3 aromatic rings. The van der Waals surface area contributed by atoms with Crippen molar-refractivity contribution in [3.05, 3.63) is 72.9 Å². The van der Waals surface area contributed by atoms with Crippen LogP contribution >= 0.6 is 35.2 Å². The molecular formula is C17H15ClFN5O2S2. The van der Waals surface area contributed by atoms with E-state index in [0.29, 0.717) is 38.6 Å². The zero-order valence-electron chi connectivity index (χ0n) is 14.6. The maximum absolute atomic E-state index is 13.3. The predicted molar refractivity (Wildman–Crippen MR) is 110 cm³/mol. The Balaban J connectivity index is 1.70. The Bertz CT molecular complexity index is 1070. The van der Waals surface area contributed by atoms with E-state index in [1.54, 1.807) is 16.8 Å². The quantitative estimate of drug-likeness (QED) is 0.309. The van der Waals surface area contributed by atoms with Crippen LogP contribution in [0.5, 0.6) is 0 Å². The van der Waals surface area contributed by atoms with Gasteiger partial charge in [-0.3, -0.25) is 15.0 Å². The number of rotatable bonds is 7. The molecule has 2 aromatic carbocycles. The summed E-state index contributed by atoms with van der Waals surface area (Å²) in [5.74, 6) is -0.346. The van der Waals surface area contributed by atoms with E-state index in [2.05, 4.69) is 10.4 Å². The molecule has 0 aliphatic carbocycles. The Hall–Kier alpha value is -2.40. The van der Waals surface area contributed by atoms with Gasteiger partial charge in [0.1, 0.15) is 5.82 Å². The summed E-state index contributed by atoms with van der Waals surface area (Å²) in [7, 11) is 1.83. The van der Waals surface area contributed by atoms with Crippen molar-refractivity contribution in [2.75, 3.05) is 12.4 Å². The van der Waals surface area contributed by atoms with Crippen LogP contribution in [0.2, 0.25) is 5.02 Å². The van der Waals surface area contributed by atoms with Gasteiger partial charge >= 0.3 is 0 Å². The first-order valence-electron chi connectivity index (χ1n) is 8.04. The molecule has 0 atom stereocenters. The zero-order chi connectivity index (χ0) is 20.3. The minimum Gasteiger partial charge on any atom is -0.330 e. The Morgan fingerprint density at radius 1 is 1.39 bits per heavy atom. The highest BCUT2D eigenvalue weighted by molar-refractivity contribution is 7.73. The molecule has 0 radical (unpaired) electrons. The molecule has 1 N–H and O–H groups in total. The van der Waals surface area contributed by atoms with Gasteiger partial charge in [-0.1, -0.05) is 29.0 Å². The molecule has 28 heavy (non-hydrogen) atoms. The molecule has 0 aliphatic rings. The second-order valence-electron chi connectivity index (χ2n) is 6.00. The van der Waals surface area contributed by atoms with Gasteiger partial charge in [-0.15, -0.1) is 5.10 Å². The first-order chi connectivity index (χ1) is 13.3. The normalized spacial score (nSPS) is 11.0. The summed E-state index contributed by atoms with van der Waals surface area (Å²) >= 11 is 12.8. The highest BCUT2D eigenvalue weighted by Gasteiger charge is 2.13. The number of aromatic nitrogens is 2. The van der Waals surface area contributed by atoms with Crippen LogP contribution in [0.25, 0.3) is 0 Å². The van der Waals surface area contributed by atoms with Gasteiger partial charge in [-0.25, -0.2) is 9.07 Å². The fraction of sp³-hybridized carbons (Fsp3) is 0.176. The van der Waals surface area contributed by atoms with Crippen molar-refractivity contribution in [3.8, 4) is 0 Å². The summed E-state index contributed by atoms with van der Waals surface area (Å²) in [6.07, 6.45) is 0. The van der Waals surface area contributed by atoms with Crippen LogP contribution in [0.1, 0.15) is 5.56 Å². The Morgan fingerprint density at radius 3 is 2.89 bits per heavy atom. The average molecular weight is 440 g/mol. The molecule has 0 spiro atoms. The van der Waals surface area contributed by atoms with Crippen molar-refractivity contribution in [2.24, 2.45) is 0 Å². The second kappa shape index (κ2) is 8.74. The van der Waals surface area contributed by atoms with Crippen LogP contribution in [0.15, 0.2) is 42.5 Å². The van der Waals surface area contributed by atoms with Crippen LogP contribution in [0, 0.1) is 19.9 Å². The standard InChI is InChI=1S/C17H15ClFN5O2S2/c1-22(9-11-7-14(24(25)26)5-6-15(11)18)10-23-17(27)28-16(21-23)20-13-4-2-3-12(19)8-13/h2-8H,9-10H2,1H3,(H,20,21). The van der Waals surface area contributed by atoms with Gasteiger partial charge in [0.25, 0.3) is 5.69 Å². The summed E-state index contributed by atoms with van der Waals surface area (Å²) in [5.41, 5.74) is 1.20. The number of hydrogen-bond acceptors (Lipinski definition) is 7. The fourth-order valence-corrected chi connectivity index (χ4v) is 3.69. The van der Waals surface area contributed by atoms with Crippen molar-refractivity contribution >= 4 is 51.7 Å². The molecule has 0 saturated carbocycles. The van der Waals surface area contributed by atoms with Gasteiger partial charge < -0.3 is 5.32 Å². The lowest BCUT2D eigenvalue weighted by atomic mass is 10.2. The molecule has 11 heteroatoms. The van der Waals surface area contributed by atoms with Crippen LogP contribution in [-0.4, -0.2) is 26.7 Å². The van der Waals surface area contributed by atoms with Gasteiger partial charge in [-0.05, 0) is 49.1 Å². The van der Waals surface area contributed by atoms with E-state index >= 15 is 0 Å². The number of nitro groups is 1. The van der Waals surface area contributed by atoms with E-state index in [-0.39, 0.29) is 11.5 Å². The number of anilines is 2. The molecule has 0 unspecified atom stereocenters. The number of halogens is 2. The third-order valence-corrected chi connectivity index (χ3v) is 5.33. The van der Waals surface area contributed by atoms with Gasteiger partial charge in [0.15, 0.2) is 3.95 Å². The molecule has 0 fully saturated rings. The maximum atomic E-state index is 13.3. The summed E-state index contributed by atoms with van der Waals surface area (Å²) in [6.45, 7) is 0.742. The predicted octanol–water partition coefficient (Wildman–Crippen LogP) is 5.21. The van der Waals surface area contributed by atoms with Crippen LogP contribution in [0.3, 0.4) is 0 Å². The van der Waals surface area contributed by atoms with E-state index in [9.17, 15) is 14.5 Å². The number of benzene rings is 2. The molecular weight excluding hydrogens is 425 g/mol. The molecule has 146 valence electrons.